The number of hydrogen-bond acceptors (Lipinski definition) is 5. The summed E-state index contributed by atoms with van der Waals surface area (Å²) in [5, 5.41) is 20.5. The van der Waals surface area contributed by atoms with Crippen molar-refractivity contribution in [2.45, 2.75) is 13.8 Å². The molecule has 1 aliphatic heterocycles. The highest BCUT2D eigenvalue weighted by atomic mass is 16.5. The number of nitrogens with zero attached hydrogens (tertiary/aromatic N) is 1. The van der Waals surface area contributed by atoms with E-state index in [4.69, 9.17) is 9.47 Å². The first-order valence-corrected chi connectivity index (χ1v) is 8.56. The van der Waals surface area contributed by atoms with Crippen molar-refractivity contribution in [3.05, 3.63) is 23.9 Å². The average molecular weight is 362 g/mol. The molecule has 3 N–H and O–H groups in total. The summed E-state index contributed by atoms with van der Waals surface area (Å²) in [4.78, 5) is 17.8. The number of aromatic nitrogens is 1. The fourth-order valence-electron chi connectivity index (χ4n) is 3.65. The zero-order valence-corrected chi connectivity index (χ0v) is 15.6. The number of carbonyl (C=O) groups is 1. The molecule has 1 amide bonds. The molecule has 1 saturated heterocycles. The highest BCUT2D eigenvalue weighted by Gasteiger charge is 2.52. The van der Waals surface area contributed by atoms with Gasteiger partial charge >= 0.3 is 0 Å². The van der Waals surface area contributed by atoms with E-state index < -0.39 is 10.8 Å². The second-order valence-electron chi connectivity index (χ2n) is 7.58. The lowest BCUT2D eigenvalue weighted by Gasteiger charge is -2.36. The third-order valence-electron chi connectivity index (χ3n) is 5.88. The van der Waals surface area contributed by atoms with Gasteiger partial charge in [-0.15, -0.1) is 0 Å². The van der Waals surface area contributed by atoms with E-state index >= 15 is 0 Å². The zero-order chi connectivity index (χ0) is 19.1. The van der Waals surface area contributed by atoms with Crippen molar-refractivity contribution in [1.29, 1.82) is 0 Å². The van der Waals surface area contributed by atoms with Crippen LogP contribution in [0.2, 0.25) is 0 Å². The first-order valence-electron chi connectivity index (χ1n) is 8.56. The number of carbonyl (C=O) groups excluding carboxylic acids is 1. The maximum Gasteiger partial charge on any atom is 0.270 e. The molecule has 2 aromatic rings. The quantitative estimate of drug-likeness (QED) is 0.752. The minimum Gasteiger partial charge on any atom is -0.493 e. The number of amides is 1. The molecule has 3 rings (SSSR count). The lowest BCUT2D eigenvalue weighted by atomic mass is 9.69. The topological polar surface area (TPSA) is 95.0 Å². The number of aliphatic hydroxyl groups excluding tert-OH is 2. The summed E-state index contributed by atoms with van der Waals surface area (Å²) in [5.41, 5.74) is 0.143. The number of methoxy groups -OCH3 is 2. The van der Waals surface area contributed by atoms with Gasteiger partial charge in [0.1, 0.15) is 5.69 Å². The minimum atomic E-state index is -0.546. The van der Waals surface area contributed by atoms with Crippen LogP contribution in [0.15, 0.2) is 18.2 Å². The van der Waals surface area contributed by atoms with Gasteiger partial charge in [-0.05, 0) is 12.1 Å². The van der Waals surface area contributed by atoms with Crippen LogP contribution in [0.25, 0.3) is 10.9 Å². The van der Waals surface area contributed by atoms with Crippen molar-refractivity contribution >= 4 is 16.8 Å². The van der Waals surface area contributed by atoms with Crippen molar-refractivity contribution in [2.75, 3.05) is 40.5 Å². The molecule has 7 nitrogen and oxygen atoms in total. The Labute approximate surface area is 152 Å². The second kappa shape index (κ2) is 6.48. The van der Waals surface area contributed by atoms with E-state index in [0.717, 1.165) is 10.9 Å². The normalized spacial score (nSPS) is 25.7. The molecule has 0 unspecified atom stereocenters. The first kappa shape index (κ1) is 18.5. The number of nitrogens with one attached hydrogen (secondary N) is 1. The lowest BCUT2D eigenvalue weighted by molar-refractivity contribution is 0.00976. The number of benzene rings is 1. The predicted molar refractivity (Wildman–Crippen MR) is 97.7 cm³/mol. The van der Waals surface area contributed by atoms with Gasteiger partial charge in [0.15, 0.2) is 11.5 Å². The maximum absolute atomic E-state index is 13.0. The molecule has 0 saturated carbocycles. The molecule has 1 aromatic heterocycles. The van der Waals surface area contributed by atoms with Crippen LogP contribution in [0, 0.1) is 10.8 Å². The molecule has 1 fully saturated rings. The Morgan fingerprint density at radius 3 is 2.12 bits per heavy atom. The molecule has 2 heterocycles. The van der Waals surface area contributed by atoms with E-state index in [1.54, 1.807) is 31.3 Å². The van der Waals surface area contributed by atoms with Gasteiger partial charge in [0, 0.05) is 40.9 Å². The smallest absolute Gasteiger partial charge is 0.270 e. The molecule has 2 atom stereocenters. The Balaban J connectivity index is 1.93. The molecule has 0 spiro atoms. The standard InChI is InChI=1S/C19H26N2O5/c1-18(10-22)8-21(9-19(18,2)11-23)17(24)14-5-12-6-15(25-3)16(26-4)7-13(12)20-14/h5-7,20,22-23H,8-11H2,1-4H3/t18-,19+. The molecule has 7 heteroatoms. The molecule has 0 radical (unpaired) electrons. The van der Waals surface area contributed by atoms with E-state index in [1.807, 2.05) is 19.9 Å². The van der Waals surface area contributed by atoms with Gasteiger partial charge in [0.25, 0.3) is 5.91 Å². The van der Waals surface area contributed by atoms with Crippen LogP contribution in [0.3, 0.4) is 0 Å². The predicted octanol–water partition coefficient (Wildman–Crippen LogP) is 1.64. The van der Waals surface area contributed by atoms with Crippen LogP contribution in [0.4, 0.5) is 0 Å². The van der Waals surface area contributed by atoms with Crippen molar-refractivity contribution < 1.29 is 24.5 Å². The third-order valence-corrected chi connectivity index (χ3v) is 5.88. The molecule has 0 aliphatic carbocycles. The van der Waals surface area contributed by atoms with E-state index in [0.29, 0.717) is 30.3 Å². The van der Waals surface area contributed by atoms with Gasteiger partial charge in [0.2, 0.25) is 0 Å². The van der Waals surface area contributed by atoms with Crippen LogP contribution < -0.4 is 9.47 Å². The summed E-state index contributed by atoms with van der Waals surface area (Å²) < 4.78 is 10.6. The molecule has 142 valence electrons. The summed E-state index contributed by atoms with van der Waals surface area (Å²) in [6.07, 6.45) is 0. The van der Waals surface area contributed by atoms with Crippen molar-refractivity contribution in [3.63, 3.8) is 0 Å². The number of aromatic amines is 1. The van der Waals surface area contributed by atoms with Crippen molar-refractivity contribution in [1.82, 2.24) is 9.88 Å². The summed E-state index contributed by atoms with van der Waals surface area (Å²) >= 11 is 0. The fourth-order valence-corrected chi connectivity index (χ4v) is 3.65. The van der Waals surface area contributed by atoms with E-state index in [9.17, 15) is 15.0 Å². The van der Waals surface area contributed by atoms with Gasteiger partial charge < -0.3 is 29.6 Å². The number of rotatable bonds is 5. The Morgan fingerprint density at radius 1 is 1.08 bits per heavy atom. The number of H-pyrrole nitrogens is 1. The van der Waals surface area contributed by atoms with Crippen LogP contribution in [-0.2, 0) is 0 Å². The summed E-state index contributed by atoms with van der Waals surface area (Å²) in [6, 6.07) is 5.40. The SMILES string of the molecule is COc1cc2cc(C(=O)N3C[C@](C)(CO)[C@](C)(CO)C3)[nH]c2cc1OC. The number of ether oxygens (including phenoxy) is 2. The van der Waals surface area contributed by atoms with Gasteiger partial charge in [0.05, 0.1) is 27.4 Å². The largest absolute Gasteiger partial charge is 0.493 e. The van der Waals surface area contributed by atoms with E-state index in [1.165, 1.54) is 0 Å². The maximum atomic E-state index is 13.0. The molecular weight excluding hydrogens is 336 g/mol. The summed E-state index contributed by atoms with van der Waals surface area (Å²) in [7, 11) is 3.13. The average Bonchev–Trinajstić information content (AvgIpc) is 3.19. The first-order chi connectivity index (χ1) is 12.3. The van der Waals surface area contributed by atoms with Crippen LogP contribution >= 0.6 is 0 Å². The van der Waals surface area contributed by atoms with Crippen LogP contribution in [0.1, 0.15) is 24.3 Å². The number of fused-ring (bicyclic) bond motifs is 1. The van der Waals surface area contributed by atoms with Crippen molar-refractivity contribution in [3.8, 4) is 11.5 Å². The summed E-state index contributed by atoms with van der Waals surface area (Å²) in [6.45, 7) is 4.40. The highest BCUT2D eigenvalue weighted by Crippen LogP contribution is 2.45. The van der Waals surface area contributed by atoms with Crippen molar-refractivity contribution in [2.24, 2.45) is 10.8 Å². The summed E-state index contributed by atoms with van der Waals surface area (Å²) in [5.74, 6) is 1.03. The number of aliphatic hydroxyl groups is 2. The van der Waals surface area contributed by atoms with Gasteiger partial charge in [-0.25, -0.2) is 0 Å². The molecule has 1 aliphatic rings. The van der Waals surface area contributed by atoms with Crippen LogP contribution in [0.5, 0.6) is 11.5 Å². The molecule has 26 heavy (non-hydrogen) atoms. The van der Waals surface area contributed by atoms with Gasteiger partial charge in [-0.2, -0.15) is 0 Å². The Kier molecular flexibility index (Phi) is 4.62. The van der Waals surface area contributed by atoms with E-state index in [2.05, 4.69) is 4.98 Å². The molecular formula is C19H26N2O5. The Hall–Kier alpha value is -2.25. The Bertz CT molecular complexity index is 774. The lowest BCUT2D eigenvalue weighted by Crippen LogP contribution is -2.41. The number of hydrogen-bond donors (Lipinski definition) is 3. The number of likely N-dealkylation sites (tertiary alicyclic amines) is 1. The monoisotopic (exact) mass is 362 g/mol. The van der Waals surface area contributed by atoms with Gasteiger partial charge in [-0.3, -0.25) is 4.79 Å². The van der Waals surface area contributed by atoms with E-state index in [-0.39, 0.29) is 19.1 Å². The second-order valence-corrected chi connectivity index (χ2v) is 7.58. The fraction of sp³-hybridized carbons (Fsp3) is 0.526. The highest BCUT2D eigenvalue weighted by molar-refractivity contribution is 5.99. The van der Waals surface area contributed by atoms with Gasteiger partial charge in [-0.1, -0.05) is 13.8 Å². The van der Waals surface area contributed by atoms with Crippen LogP contribution in [-0.4, -0.2) is 66.5 Å². The molecule has 0 bridgehead atoms. The zero-order valence-electron chi connectivity index (χ0n) is 15.6. The minimum absolute atomic E-state index is 0.0884. The third kappa shape index (κ3) is 2.71. The molecule has 1 aromatic carbocycles. The Morgan fingerprint density at radius 2 is 1.62 bits per heavy atom.